The molecule has 0 radical (unpaired) electrons. The van der Waals surface area contributed by atoms with Gasteiger partial charge in [0.05, 0.1) is 12.2 Å². The molecule has 2 rings (SSSR count). The second-order valence-corrected chi connectivity index (χ2v) is 6.84. The van der Waals surface area contributed by atoms with Crippen molar-refractivity contribution in [1.29, 1.82) is 0 Å². The van der Waals surface area contributed by atoms with Gasteiger partial charge in [-0.1, -0.05) is 17.3 Å². The molecule has 5 nitrogen and oxygen atoms in total. The van der Waals surface area contributed by atoms with Crippen LogP contribution in [0.2, 0.25) is 0 Å². The van der Waals surface area contributed by atoms with Crippen LogP contribution in [0.4, 0.5) is 0 Å². The minimum Gasteiger partial charge on any atom is -0.361 e. The lowest BCUT2D eigenvalue weighted by Crippen LogP contribution is -2.38. The molecule has 26 heavy (non-hydrogen) atoms. The number of hydrogen-bond donors (Lipinski definition) is 2. The Morgan fingerprint density at radius 2 is 2.00 bits per heavy atom. The summed E-state index contributed by atoms with van der Waals surface area (Å²) in [4.78, 5) is 6.02. The Hall–Kier alpha value is -1.22. The van der Waals surface area contributed by atoms with Crippen molar-refractivity contribution in [3.05, 3.63) is 46.3 Å². The molecule has 0 amide bonds. The molecule has 0 aliphatic rings. The molecule has 0 atom stereocenters. The van der Waals surface area contributed by atoms with Crippen molar-refractivity contribution in [2.24, 2.45) is 4.99 Å². The SMILES string of the molecule is CCNC(=NCc1ccc(C)cc1SC)NCCc1c(C)noc1C.I. The van der Waals surface area contributed by atoms with Gasteiger partial charge in [0.25, 0.3) is 0 Å². The molecular weight excluding hydrogens is 459 g/mol. The predicted octanol–water partition coefficient (Wildman–Crippen LogP) is 4.24. The summed E-state index contributed by atoms with van der Waals surface area (Å²) in [5.41, 5.74) is 4.67. The highest BCUT2D eigenvalue weighted by molar-refractivity contribution is 14.0. The van der Waals surface area contributed by atoms with E-state index in [0.717, 1.165) is 36.9 Å². The average molecular weight is 488 g/mol. The van der Waals surface area contributed by atoms with Gasteiger partial charge in [-0.05, 0) is 57.6 Å². The summed E-state index contributed by atoms with van der Waals surface area (Å²) in [5.74, 6) is 1.73. The monoisotopic (exact) mass is 488 g/mol. The number of aromatic nitrogens is 1. The van der Waals surface area contributed by atoms with Crippen molar-refractivity contribution >= 4 is 41.7 Å². The van der Waals surface area contributed by atoms with E-state index in [4.69, 9.17) is 9.52 Å². The smallest absolute Gasteiger partial charge is 0.191 e. The van der Waals surface area contributed by atoms with Crippen molar-refractivity contribution in [3.8, 4) is 0 Å². The molecule has 1 heterocycles. The summed E-state index contributed by atoms with van der Waals surface area (Å²) in [6.07, 6.45) is 2.97. The summed E-state index contributed by atoms with van der Waals surface area (Å²) in [5, 5.41) is 10.7. The third-order valence-electron chi connectivity index (χ3n) is 4.04. The lowest BCUT2D eigenvalue weighted by Gasteiger charge is -2.12. The largest absolute Gasteiger partial charge is 0.361 e. The number of aryl methyl sites for hydroxylation is 3. The van der Waals surface area contributed by atoms with Crippen LogP contribution in [-0.2, 0) is 13.0 Å². The van der Waals surface area contributed by atoms with Crippen molar-refractivity contribution in [3.63, 3.8) is 0 Å². The van der Waals surface area contributed by atoms with Gasteiger partial charge in [-0.25, -0.2) is 4.99 Å². The second-order valence-electron chi connectivity index (χ2n) is 5.99. The highest BCUT2D eigenvalue weighted by Crippen LogP contribution is 2.22. The van der Waals surface area contributed by atoms with Gasteiger partial charge < -0.3 is 15.2 Å². The molecular formula is C19H29IN4OS. The topological polar surface area (TPSA) is 62.5 Å². The number of aliphatic imine (C=N–C) groups is 1. The van der Waals surface area contributed by atoms with Crippen LogP contribution < -0.4 is 10.6 Å². The number of guanidine groups is 1. The van der Waals surface area contributed by atoms with Crippen LogP contribution in [0.3, 0.4) is 0 Å². The molecule has 0 saturated heterocycles. The Morgan fingerprint density at radius 1 is 1.23 bits per heavy atom. The fourth-order valence-electron chi connectivity index (χ4n) is 2.65. The molecule has 144 valence electrons. The van der Waals surface area contributed by atoms with Crippen LogP contribution in [0.5, 0.6) is 0 Å². The van der Waals surface area contributed by atoms with E-state index in [2.05, 4.69) is 54.1 Å². The molecule has 0 aliphatic carbocycles. The lowest BCUT2D eigenvalue weighted by molar-refractivity contribution is 0.392. The Kier molecular flexibility index (Phi) is 10.1. The Morgan fingerprint density at radius 3 is 2.62 bits per heavy atom. The summed E-state index contributed by atoms with van der Waals surface area (Å²) < 4.78 is 5.21. The number of thioether (sulfide) groups is 1. The van der Waals surface area contributed by atoms with Crippen LogP contribution in [0.25, 0.3) is 0 Å². The van der Waals surface area contributed by atoms with Crippen LogP contribution in [0.15, 0.2) is 32.6 Å². The summed E-state index contributed by atoms with van der Waals surface area (Å²) in [6, 6.07) is 6.52. The zero-order valence-electron chi connectivity index (χ0n) is 16.2. The average Bonchev–Trinajstić information content (AvgIpc) is 2.92. The summed E-state index contributed by atoms with van der Waals surface area (Å²) in [6.45, 7) is 10.4. The summed E-state index contributed by atoms with van der Waals surface area (Å²) >= 11 is 1.77. The maximum absolute atomic E-state index is 5.21. The van der Waals surface area contributed by atoms with E-state index in [1.807, 2.05) is 13.8 Å². The number of nitrogens with one attached hydrogen (secondary N) is 2. The number of benzene rings is 1. The molecule has 0 saturated carbocycles. The first-order chi connectivity index (χ1) is 12.0. The number of hydrogen-bond acceptors (Lipinski definition) is 4. The highest BCUT2D eigenvalue weighted by Gasteiger charge is 2.09. The van der Waals surface area contributed by atoms with Crippen molar-refractivity contribution in [2.45, 2.75) is 45.6 Å². The molecule has 0 spiro atoms. The van der Waals surface area contributed by atoms with Gasteiger partial charge in [0.1, 0.15) is 5.76 Å². The Balaban J connectivity index is 0.00000338. The molecule has 0 bridgehead atoms. The van der Waals surface area contributed by atoms with Gasteiger partial charge >= 0.3 is 0 Å². The molecule has 7 heteroatoms. The van der Waals surface area contributed by atoms with Gasteiger partial charge in [-0.3, -0.25) is 0 Å². The fraction of sp³-hybridized carbons (Fsp3) is 0.474. The molecule has 0 unspecified atom stereocenters. The van der Waals surface area contributed by atoms with Crippen molar-refractivity contribution in [2.75, 3.05) is 19.3 Å². The maximum Gasteiger partial charge on any atom is 0.191 e. The van der Waals surface area contributed by atoms with Crippen LogP contribution >= 0.6 is 35.7 Å². The second kappa shape index (κ2) is 11.5. The normalized spacial score (nSPS) is 11.2. The zero-order valence-corrected chi connectivity index (χ0v) is 19.3. The molecule has 1 aromatic heterocycles. The van der Waals surface area contributed by atoms with E-state index in [9.17, 15) is 0 Å². The van der Waals surface area contributed by atoms with E-state index in [1.165, 1.54) is 21.6 Å². The van der Waals surface area contributed by atoms with Gasteiger partial charge in [0, 0.05) is 23.5 Å². The number of nitrogens with zero attached hydrogens (tertiary/aromatic N) is 2. The number of rotatable bonds is 7. The first-order valence-corrected chi connectivity index (χ1v) is 9.85. The van der Waals surface area contributed by atoms with Gasteiger partial charge in [-0.15, -0.1) is 35.7 Å². The fourth-order valence-corrected chi connectivity index (χ4v) is 3.35. The lowest BCUT2D eigenvalue weighted by atomic mass is 10.1. The molecule has 0 aliphatic heterocycles. The van der Waals surface area contributed by atoms with E-state index >= 15 is 0 Å². The Bertz CT molecular complexity index is 711. The first kappa shape index (κ1) is 22.8. The molecule has 2 N–H and O–H groups in total. The van der Waals surface area contributed by atoms with Gasteiger partial charge in [0.2, 0.25) is 0 Å². The van der Waals surface area contributed by atoms with E-state index in [0.29, 0.717) is 6.54 Å². The minimum atomic E-state index is 0. The van der Waals surface area contributed by atoms with E-state index in [1.54, 1.807) is 11.8 Å². The van der Waals surface area contributed by atoms with Crippen molar-refractivity contribution < 1.29 is 4.52 Å². The highest BCUT2D eigenvalue weighted by atomic mass is 127. The van der Waals surface area contributed by atoms with Gasteiger partial charge in [0.15, 0.2) is 5.96 Å². The summed E-state index contributed by atoms with van der Waals surface area (Å²) in [7, 11) is 0. The van der Waals surface area contributed by atoms with Crippen LogP contribution in [0, 0.1) is 20.8 Å². The third kappa shape index (κ3) is 6.50. The van der Waals surface area contributed by atoms with Gasteiger partial charge in [-0.2, -0.15) is 0 Å². The van der Waals surface area contributed by atoms with Crippen molar-refractivity contribution in [1.82, 2.24) is 15.8 Å². The predicted molar refractivity (Wildman–Crippen MR) is 121 cm³/mol. The molecule has 1 aromatic carbocycles. The maximum atomic E-state index is 5.21. The minimum absolute atomic E-state index is 0. The quantitative estimate of drug-likeness (QED) is 0.264. The van der Waals surface area contributed by atoms with Crippen LogP contribution in [-0.4, -0.2) is 30.5 Å². The zero-order chi connectivity index (χ0) is 18.2. The first-order valence-electron chi connectivity index (χ1n) is 8.62. The molecule has 2 aromatic rings. The Labute approximate surface area is 177 Å². The standard InChI is InChI=1S/C19H28N4OS.HI/c1-6-20-19(21-10-9-17-14(3)23-24-15(17)4)22-12-16-8-7-13(2)11-18(16)25-5;/h7-8,11H,6,9-10,12H2,1-5H3,(H2,20,21,22);1H. The van der Waals surface area contributed by atoms with E-state index < -0.39 is 0 Å². The molecule has 0 fully saturated rings. The number of halogens is 1. The van der Waals surface area contributed by atoms with Crippen LogP contribution in [0.1, 0.15) is 35.1 Å². The third-order valence-corrected chi connectivity index (χ3v) is 4.86. The van der Waals surface area contributed by atoms with E-state index in [-0.39, 0.29) is 24.0 Å².